The van der Waals surface area contributed by atoms with Gasteiger partial charge in [0.15, 0.2) is 0 Å². The van der Waals surface area contributed by atoms with Crippen molar-refractivity contribution in [2.24, 2.45) is 11.5 Å². The van der Waals surface area contributed by atoms with Crippen molar-refractivity contribution < 1.29 is 9.53 Å². The van der Waals surface area contributed by atoms with Gasteiger partial charge in [-0.25, -0.2) is 0 Å². The van der Waals surface area contributed by atoms with Gasteiger partial charge < -0.3 is 26.1 Å². The van der Waals surface area contributed by atoms with Crippen LogP contribution in [0.2, 0.25) is 5.02 Å². The number of nitrogens with zero attached hydrogens (tertiary/aromatic N) is 1. The van der Waals surface area contributed by atoms with Gasteiger partial charge in [-0.3, -0.25) is 10.2 Å². The van der Waals surface area contributed by atoms with E-state index in [1.54, 1.807) is 12.1 Å². The molecule has 3 aromatic carbocycles. The largest absolute Gasteiger partial charge is 0.457 e. The third-order valence-electron chi connectivity index (χ3n) is 6.87. The molecule has 6 N–H and O–H groups in total. The lowest BCUT2D eigenvalue weighted by atomic mass is 9.92. The third kappa shape index (κ3) is 5.79. The summed E-state index contributed by atoms with van der Waals surface area (Å²) in [6, 6.07) is 22.8. The van der Waals surface area contributed by atoms with Crippen molar-refractivity contribution in [3.63, 3.8) is 0 Å². The van der Waals surface area contributed by atoms with Crippen molar-refractivity contribution in [3.05, 3.63) is 94.6 Å². The SMILES string of the molecule is N=C(N)c1ccc2cc(C(=O)N[C@H]3CC[C@H](N)CC3)n(Cc3ccc(Oc4ccc(Cl)cc4)cc3)c2c1. The Hall–Kier alpha value is -3.81. The van der Waals surface area contributed by atoms with Gasteiger partial charge in [0.05, 0.1) is 0 Å². The van der Waals surface area contributed by atoms with Gasteiger partial charge >= 0.3 is 0 Å². The smallest absolute Gasteiger partial charge is 0.268 e. The number of rotatable bonds is 7. The molecule has 1 heterocycles. The van der Waals surface area contributed by atoms with Gasteiger partial charge in [0.1, 0.15) is 23.0 Å². The standard InChI is InChI=1S/C29H30ClN5O2/c30-21-5-13-25(14-6-21)37-24-11-1-18(2-12-24)17-35-26-16-20(28(32)33)4-3-19(26)15-27(35)29(36)34-23-9-7-22(31)8-10-23/h1-6,11-16,22-23H,7-10,17,31H2,(H3,32,33)(H,34,36)/t22-,23-. The lowest BCUT2D eigenvalue weighted by Crippen LogP contribution is -2.41. The Morgan fingerprint density at radius 3 is 2.27 bits per heavy atom. The highest BCUT2D eigenvalue weighted by Gasteiger charge is 2.23. The van der Waals surface area contributed by atoms with E-state index in [0.717, 1.165) is 42.1 Å². The number of amides is 1. The molecule has 0 saturated heterocycles. The highest BCUT2D eigenvalue weighted by molar-refractivity contribution is 6.30. The maximum absolute atomic E-state index is 13.4. The Morgan fingerprint density at radius 1 is 0.973 bits per heavy atom. The van der Waals surface area contributed by atoms with Crippen molar-refractivity contribution in [1.29, 1.82) is 5.41 Å². The number of hydrogen-bond donors (Lipinski definition) is 4. The van der Waals surface area contributed by atoms with Crippen LogP contribution >= 0.6 is 11.6 Å². The molecule has 0 bridgehead atoms. The lowest BCUT2D eigenvalue weighted by Gasteiger charge is -2.27. The Morgan fingerprint density at radius 2 is 1.62 bits per heavy atom. The number of ether oxygens (including phenoxy) is 1. The third-order valence-corrected chi connectivity index (χ3v) is 7.12. The van der Waals surface area contributed by atoms with Crippen LogP contribution in [0.4, 0.5) is 0 Å². The second-order valence-corrected chi connectivity index (χ2v) is 10.0. The van der Waals surface area contributed by atoms with Gasteiger partial charge in [0.25, 0.3) is 5.91 Å². The number of nitrogens with one attached hydrogen (secondary N) is 2. The Labute approximate surface area is 220 Å². The number of hydrogen-bond acceptors (Lipinski definition) is 4. The molecule has 1 aliphatic rings. The highest BCUT2D eigenvalue weighted by Crippen LogP contribution is 2.27. The normalized spacial score (nSPS) is 17.5. The summed E-state index contributed by atoms with van der Waals surface area (Å²) in [5.41, 5.74) is 14.9. The Balaban J connectivity index is 1.42. The van der Waals surface area contributed by atoms with Crippen molar-refractivity contribution in [1.82, 2.24) is 9.88 Å². The van der Waals surface area contributed by atoms with Crippen LogP contribution in [-0.2, 0) is 6.54 Å². The van der Waals surface area contributed by atoms with Crippen molar-refractivity contribution in [2.75, 3.05) is 0 Å². The lowest BCUT2D eigenvalue weighted by molar-refractivity contribution is 0.0917. The second-order valence-electron chi connectivity index (χ2n) is 9.59. The number of carbonyl (C=O) groups is 1. The summed E-state index contributed by atoms with van der Waals surface area (Å²) in [5.74, 6) is 1.29. The quantitative estimate of drug-likeness (QED) is 0.194. The molecule has 0 spiro atoms. The molecule has 1 aliphatic carbocycles. The molecule has 1 aromatic heterocycles. The number of nitrogens with two attached hydrogens (primary N) is 2. The summed E-state index contributed by atoms with van der Waals surface area (Å²) in [6.45, 7) is 0.477. The van der Waals surface area contributed by atoms with E-state index in [9.17, 15) is 4.79 Å². The van der Waals surface area contributed by atoms with Crippen molar-refractivity contribution in [3.8, 4) is 11.5 Å². The average Bonchev–Trinajstić information content (AvgIpc) is 3.25. The van der Waals surface area contributed by atoms with Crippen LogP contribution in [0.5, 0.6) is 11.5 Å². The van der Waals surface area contributed by atoms with E-state index in [4.69, 9.17) is 33.2 Å². The van der Waals surface area contributed by atoms with E-state index < -0.39 is 0 Å². The Bertz CT molecular complexity index is 1420. The van der Waals surface area contributed by atoms with E-state index >= 15 is 0 Å². The van der Waals surface area contributed by atoms with Crippen LogP contribution in [0.25, 0.3) is 10.9 Å². The zero-order valence-corrected chi connectivity index (χ0v) is 21.2. The van der Waals surface area contributed by atoms with Crippen molar-refractivity contribution >= 4 is 34.2 Å². The molecule has 0 aliphatic heterocycles. The van der Waals surface area contributed by atoms with Gasteiger partial charge in [-0.1, -0.05) is 35.9 Å². The molecule has 1 saturated carbocycles. The van der Waals surface area contributed by atoms with E-state index in [1.165, 1.54) is 0 Å². The fourth-order valence-corrected chi connectivity index (χ4v) is 4.91. The van der Waals surface area contributed by atoms with E-state index in [1.807, 2.05) is 65.2 Å². The van der Waals surface area contributed by atoms with Gasteiger partial charge in [0, 0.05) is 40.1 Å². The molecule has 0 atom stereocenters. The zero-order valence-electron chi connectivity index (χ0n) is 20.4. The van der Waals surface area contributed by atoms with Crippen LogP contribution in [-0.4, -0.2) is 28.4 Å². The van der Waals surface area contributed by atoms with Gasteiger partial charge in [0.2, 0.25) is 0 Å². The minimum atomic E-state index is -0.108. The average molecular weight is 516 g/mol. The summed E-state index contributed by atoms with van der Waals surface area (Å²) in [4.78, 5) is 13.4. The fourth-order valence-electron chi connectivity index (χ4n) is 4.79. The van der Waals surface area contributed by atoms with Gasteiger partial charge in [-0.2, -0.15) is 0 Å². The molecule has 0 unspecified atom stereocenters. The number of halogens is 1. The number of nitrogen functional groups attached to an aromatic ring is 1. The first kappa shape index (κ1) is 24.9. The highest BCUT2D eigenvalue weighted by atomic mass is 35.5. The molecule has 190 valence electrons. The second kappa shape index (κ2) is 10.7. The predicted octanol–water partition coefficient (Wildman–Crippen LogP) is 5.42. The first-order valence-electron chi connectivity index (χ1n) is 12.4. The summed E-state index contributed by atoms with van der Waals surface area (Å²) in [7, 11) is 0. The van der Waals surface area contributed by atoms with Crippen LogP contribution in [0.3, 0.4) is 0 Å². The molecular formula is C29H30ClN5O2. The monoisotopic (exact) mass is 515 g/mol. The predicted molar refractivity (Wildman–Crippen MR) is 148 cm³/mol. The van der Waals surface area contributed by atoms with E-state index in [2.05, 4.69) is 5.32 Å². The molecule has 0 radical (unpaired) electrons. The number of benzene rings is 3. The molecule has 37 heavy (non-hydrogen) atoms. The van der Waals surface area contributed by atoms with Crippen LogP contribution in [0.1, 0.15) is 47.3 Å². The van der Waals surface area contributed by atoms with E-state index in [0.29, 0.717) is 34.3 Å². The molecule has 7 nitrogen and oxygen atoms in total. The minimum absolute atomic E-state index is 0.0112. The maximum atomic E-state index is 13.4. The molecule has 1 amide bonds. The molecule has 8 heteroatoms. The number of amidine groups is 1. The topological polar surface area (TPSA) is 119 Å². The maximum Gasteiger partial charge on any atom is 0.268 e. The summed E-state index contributed by atoms with van der Waals surface area (Å²) in [5, 5.41) is 12.6. The van der Waals surface area contributed by atoms with Crippen molar-refractivity contribution in [2.45, 2.75) is 44.3 Å². The van der Waals surface area contributed by atoms with Crippen LogP contribution in [0.15, 0.2) is 72.8 Å². The first-order valence-corrected chi connectivity index (χ1v) is 12.8. The molecule has 1 fully saturated rings. The molecule has 5 rings (SSSR count). The number of aromatic nitrogens is 1. The summed E-state index contributed by atoms with van der Waals surface area (Å²) < 4.78 is 7.90. The molecule has 4 aromatic rings. The molecular weight excluding hydrogens is 486 g/mol. The van der Waals surface area contributed by atoms with Gasteiger partial charge in [-0.05, 0) is 79.8 Å². The minimum Gasteiger partial charge on any atom is -0.457 e. The van der Waals surface area contributed by atoms with E-state index in [-0.39, 0.29) is 23.8 Å². The Kier molecular flexibility index (Phi) is 7.17. The number of carbonyl (C=O) groups excluding carboxylic acids is 1. The summed E-state index contributed by atoms with van der Waals surface area (Å²) >= 11 is 5.96. The zero-order chi connectivity index (χ0) is 25.9. The summed E-state index contributed by atoms with van der Waals surface area (Å²) in [6.07, 6.45) is 3.61. The van der Waals surface area contributed by atoms with Crippen LogP contribution < -0.4 is 21.5 Å². The fraction of sp³-hybridized carbons (Fsp3) is 0.241. The number of fused-ring (bicyclic) bond motifs is 1. The van der Waals surface area contributed by atoms with Crippen LogP contribution in [0, 0.1) is 5.41 Å². The first-order chi connectivity index (χ1) is 17.9. The van der Waals surface area contributed by atoms with Gasteiger partial charge in [-0.15, -0.1) is 0 Å².